The summed E-state index contributed by atoms with van der Waals surface area (Å²) in [4.78, 5) is 20.1. The minimum Gasteiger partial charge on any atom is -0.338 e. The average Bonchev–Trinajstić information content (AvgIpc) is 3.16. The van der Waals surface area contributed by atoms with E-state index in [1.165, 1.54) is 11.1 Å². The maximum absolute atomic E-state index is 13.3. The summed E-state index contributed by atoms with van der Waals surface area (Å²) in [6.07, 6.45) is 0.981. The van der Waals surface area contributed by atoms with E-state index in [1.54, 1.807) is 0 Å². The zero-order valence-corrected chi connectivity index (χ0v) is 18.4. The van der Waals surface area contributed by atoms with Gasteiger partial charge in [-0.2, -0.15) is 0 Å². The van der Waals surface area contributed by atoms with Crippen molar-refractivity contribution < 1.29 is 4.79 Å². The van der Waals surface area contributed by atoms with E-state index < -0.39 is 0 Å². The van der Waals surface area contributed by atoms with Gasteiger partial charge in [-0.25, -0.2) is 4.98 Å². The number of hydrogen-bond donors (Lipinski definition) is 1. The van der Waals surface area contributed by atoms with E-state index in [-0.39, 0.29) is 30.7 Å². The molecule has 1 saturated heterocycles. The number of amides is 1. The number of carbonyl (C=O) groups is 1. The Labute approximate surface area is 184 Å². The lowest BCUT2D eigenvalue weighted by Crippen LogP contribution is -2.30. The van der Waals surface area contributed by atoms with Gasteiger partial charge in [0.05, 0.1) is 16.8 Å². The maximum atomic E-state index is 13.3. The molecule has 4 nitrogen and oxygen atoms in total. The highest BCUT2D eigenvalue weighted by Gasteiger charge is 2.27. The summed E-state index contributed by atoms with van der Waals surface area (Å²) in [5.74, 6) is 0.483. The standard InChI is InChI=1S/C23H25N3O.2ClH/c1-15-7-8-18(16(2)11-15)22-12-20(19-5-3-4-6-21(19)25-22)23(27)26-10-9-17(13-24)14-26;;/h3-8,11-12,17H,9-10,13-14,24H2,1-2H3;2*1H. The Balaban J connectivity index is 0.00000150. The molecule has 2 N–H and O–H groups in total. The summed E-state index contributed by atoms with van der Waals surface area (Å²) in [5.41, 5.74) is 11.7. The van der Waals surface area contributed by atoms with Crippen LogP contribution in [0.2, 0.25) is 0 Å². The third kappa shape index (κ3) is 4.55. The van der Waals surface area contributed by atoms with Crippen molar-refractivity contribution in [2.45, 2.75) is 20.3 Å². The van der Waals surface area contributed by atoms with Gasteiger partial charge in [0.1, 0.15) is 0 Å². The number of rotatable bonds is 3. The predicted molar refractivity (Wildman–Crippen MR) is 124 cm³/mol. The topological polar surface area (TPSA) is 59.2 Å². The second-order valence-corrected chi connectivity index (χ2v) is 7.53. The fourth-order valence-electron chi connectivity index (χ4n) is 3.97. The fraction of sp³-hybridized carbons (Fsp3) is 0.304. The van der Waals surface area contributed by atoms with Crippen LogP contribution in [0.15, 0.2) is 48.5 Å². The van der Waals surface area contributed by atoms with Crippen LogP contribution in [0, 0.1) is 19.8 Å². The van der Waals surface area contributed by atoms with Crippen molar-refractivity contribution in [1.82, 2.24) is 9.88 Å². The smallest absolute Gasteiger partial charge is 0.254 e. The number of fused-ring (bicyclic) bond motifs is 1. The van der Waals surface area contributed by atoms with Crippen molar-refractivity contribution in [2.75, 3.05) is 19.6 Å². The van der Waals surface area contributed by atoms with E-state index in [1.807, 2.05) is 35.2 Å². The predicted octanol–water partition coefficient (Wildman–Crippen LogP) is 4.78. The number of halogens is 2. The number of pyridine rings is 1. The third-order valence-electron chi connectivity index (χ3n) is 5.51. The minimum absolute atomic E-state index is 0. The highest BCUT2D eigenvalue weighted by molar-refractivity contribution is 6.07. The Morgan fingerprint density at radius 2 is 1.90 bits per heavy atom. The molecule has 0 spiro atoms. The fourth-order valence-corrected chi connectivity index (χ4v) is 3.97. The number of aromatic nitrogens is 1. The summed E-state index contributed by atoms with van der Waals surface area (Å²) < 4.78 is 0. The van der Waals surface area contributed by atoms with E-state index in [0.29, 0.717) is 12.5 Å². The summed E-state index contributed by atoms with van der Waals surface area (Å²) in [6, 6.07) is 16.2. The number of nitrogens with zero attached hydrogens (tertiary/aromatic N) is 2. The van der Waals surface area contributed by atoms with Crippen molar-refractivity contribution in [3.63, 3.8) is 0 Å². The normalized spacial score (nSPS) is 15.7. The summed E-state index contributed by atoms with van der Waals surface area (Å²) in [6.45, 7) is 6.32. The summed E-state index contributed by atoms with van der Waals surface area (Å²) in [5, 5.41) is 0.909. The molecule has 2 heterocycles. The Morgan fingerprint density at radius 1 is 1.14 bits per heavy atom. The van der Waals surface area contributed by atoms with E-state index in [9.17, 15) is 4.79 Å². The molecule has 1 atom stereocenters. The van der Waals surface area contributed by atoms with Gasteiger partial charge in [0, 0.05) is 24.0 Å². The van der Waals surface area contributed by atoms with Crippen molar-refractivity contribution in [3.8, 4) is 11.3 Å². The molecule has 154 valence electrons. The molecule has 0 radical (unpaired) electrons. The second-order valence-electron chi connectivity index (χ2n) is 7.53. The number of para-hydroxylation sites is 1. The van der Waals surface area contributed by atoms with Crippen LogP contribution >= 0.6 is 24.8 Å². The molecule has 1 aliphatic rings. The molecular weight excluding hydrogens is 405 g/mol. The molecule has 1 aliphatic heterocycles. The van der Waals surface area contributed by atoms with Gasteiger partial charge in [0.15, 0.2) is 0 Å². The molecular formula is C23H27Cl2N3O. The lowest BCUT2D eigenvalue weighted by atomic mass is 9.99. The number of nitrogens with two attached hydrogens (primary N) is 1. The molecule has 3 aromatic rings. The van der Waals surface area contributed by atoms with Crippen LogP contribution in [0.1, 0.15) is 27.9 Å². The minimum atomic E-state index is 0. The number of benzene rings is 2. The molecule has 2 aromatic carbocycles. The van der Waals surface area contributed by atoms with Crippen LogP contribution in [-0.2, 0) is 0 Å². The van der Waals surface area contributed by atoms with Crippen molar-refractivity contribution in [1.29, 1.82) is 0 Å². The first kappa shape index (κ1) is 23.1. The van der Waals surface area contributed by atoms with Gasteiger partial charge in [-0.3, -0.25) is 4.79 Å². The zero-order valence-electron chi connectivity index (χ0n) is 16.7. The molecule has 1 amide bonds. The number of carbonyl (C=O) groups excluding carboxylic acids is 1. The largest absolute Gasteiger partial charge is 0.338 e. The van der Waals surface area contributed by atoms with Gasteiger partial charge < -0.3 is 10.6 Å². The first-order valence-electron chi connectivity index (χ1n) is 9.53. The molecule has 1 aromatic heterocycles. The molecule has 1 unspecified atom stereocenters. The Bertz CT molecular complexity index is 1020. The monoisotopic (exact) mass is 431 g/mol. The molecule has 4 rings (SSSR count). The Morgan fingerprint density at radius 3 is 2.59 bits per heavy atom. The highest BCUT2D eigenvalue weighted by atomic mass is 35.5. The van der Waals surface area contributed by atoms with Crippen LogP contribution in [0.4, 0.5) is 0 Å². The van der Waals surface area contributed by atoms with E-state index in [2.05, 4.69) is 32.0 Å². The van der Waals surface area contributed by atoms with Crippen molar-refractivity contribution in [3.05, 3.63) is 65.2 Å². The Kier molecular flexibility index (Phi) is 7.64. The van der Waals surface area contributed by atoms with Gasteiger partial charge in [0.2, 0.25) is 0 Å². The average molecular weight is 432 g/mol. The Hall–Kier alpha value is -2.14. The van der Waals surface area contributed by atoms with Crippen LogP contribution in [0.5, 0.6) is 0 Å². The lowest BCUT2D eigenvalue weighted by molar-refractivity contribution is 0.0789. The number of aryl methyl sites for hydroxylation is 2. The quantitative estimate of drug-likeness (QED) is 0.648. The second kappa shape index (κ2) is 9.57. The van der Waals surface area contributed by atoms with Crippen LogP contribution in [-0.4, -0.2) is 35.4 Å². The molecule has 6 heteroatoms. The first-order chi connectivity index (χ1) is 13.1. The van der Waals surface area contributed by atoms with Crippen LogP contribution in [0.3, 0.4) is 0 Å². The van der Waals surface area contributed by atoms with Gasteiger partial charge >= 0.3 is 0 Å². The zero-order chi connectivity index (χ0) is 19.0. The maximum Gasteiger partial charge on any atom is 0.254 e. The molecule has 0 saturated carbocycles. The SMILES string of the molecule is Cc1ccc(-c2cc(C(=O)N3CCC(CN)C3)c3ccccc3n2)c(C)c1.Cl.Cl. The molecule has 0 bridgehead atoms. The number of likely N-dealkylation sites (tertiary alicyclic amines) is 1. The summed E-state index contributed by atoms with van der Waals surface area (Å²) >= 11 is 0. The van der Waals surface area contributed by atoms with E-state index >= 15 is 0 Å². The van der Waals surface area contributed by atoms with Crippen LogP contribution < -0.4 is 5.73 Å². The van der Waals surface area contributed by atoms with Gasteiger partial charge in [-0.15, -0.1) is 24.8 Å². The first-order valence-corrected chi connectivity index (χ1v) is 9.53. The third-order valence-corrected chi connectivity index (χ3v) is 5.51. The van der Waals surface area contributed by atoms with Crippen molar-refractivity contribution >= 4 is 41.6 Å². The number of hydrogen-bond acceptors (Lipinski definition) is 3. The van der Waals surface area contributed by atoms with Gasteiger partial charge in [-0.05, 0) is 50.4 Å². The van der Waals surface area contributed by atoms with Gasteiger partial charge in [0.25, 0.3) is 5.91 Å². The van der Waals surface area contributed by atoms with Gasteiger partial charge in [-0.1, -0.05) is 42.0 Å². The molecule has 1 fully saturated rings. The lowest BCUT2D eigenvalue weighted by Gasteiger charge is -2.18. The summed E-state index contributed by atoms with van der Waals surface area (Å²) in [7, 11) is 0. The highest BCUT2D eigenvalue weighted by Crippen LogP contribution is 2.29. The van der Waals surface area contributed by atoms with Crippen molar-refractivity contribution in [2.24, 2.45) is 11.7 Å². The van der Waals surface area contributed by atoms with Crippen LogP contribution in [0.25, 0.3) is 22.2 Å². The molecule has 0 aliphatic carbocycles. The van der Waals surface area contributed by atoms with E-state index in [4.69, 9.17) is 10.7 Å². The molecule has 29 heavy (non-hydrogen) atoms. The van der Waals surface area contributed by atoms with E-state index in [0.717, 1.165) is 47.2 Å².